The van der Waals surface area contributed by atoms with Gasteiger partial charge in [-0.15, -0.1) is 11.3 Å². The number of benzene rings is 1. The molecule has 114 valence electrons. The third-order valence-corrected chi connectivity index (χ3v) is 4.68. The molecule has 4 nitrogen and oxygen atoms in total. The molecule has 1 aromatic carbocycles. The van der Waals surface area contributed by atoms with Crippen molar-refractivity contribution in [1.29, 1.82) is 0 Å². The first-order valence-electron chi connectivity index (χ1n) is 7.10. The van der Waals surface area contributed by atoms with Gasteiger partial charge in [0.15, 0.2) is 0 Å². The Bertz CT molecular complexity index is 776. The number of thiophene rings is 1. The van der Waals surface area contributed by atoms with Crippen LogP contribution < -0.4 is 5.32 Å². The number of furan rings is 1. The molecule has 22 heavy (non-hydrogen) atoms. The minimum Gasteiger partial charge on any atom is -0.481 e. The number of aryl methyl sites for hydroxylation is 1. The van der Waals surface area contributed by atoms with Gasteiger partial charge in [-0.25, -0.2) is 0 Å². The summed E-state index contributed by atoms with van der Waals surface area (Å²) in [5, 5.41) is 15.5. The maximum atomic E-state index is 11.1. The molecule has 3 rings (SSSR count). The van der Waals surface area contributed by atoms with E-state index in [1.807, 2.05) is 48.7 Å². The molecule has 0 radical (unpaired) electrons. The maximum absolute atomic E-state index is 11.1. The number of rotatable bonds is 6. The van der Waals surface area contributed by atoms with E-state index in [2.05, 4.69) is 5.32 Å². The Balaban J connectivity index is 1.82. The van der Waals surface area contributed by atoms with Crippen molar-refractivity contribution in [3.63, 3.8) is 0 Å². The standard InChI is InChI=1S/C17H17NO3S/c1-11-13(12-5-2-3-6-15(12)21-11)10-18-14(9-17(19)20)16-7-4-8-22-16/h2-8,14,18H,9-10H2,1H3,(H,19,20). The molecule has 2 heterocycles. The van der Waals surface area contributed by atoms with Crippen LogP contribution in [-0.2, 0) is 11.3 Å². The minimum atomic E-state index is -0.806. The first-order valence-corrected chi connectivity index (χ1v) is 7.98. The van der Waals surface area contributed by atoms with Crippen LogP contribution in [0.1, 0.15) is 28.7 Å². The quantitative estimate of drug-likeness (QED) is 0.718. The zero-order valence-corrected chi connectivity index (χ0v) is 13.0. The number of carboxylic acid groups (broad SMARTS) is 1. The largest absolute Gasteiger partial charge is 0.481 e. The van der Waals surface area contributed by atoms with Crippen LogP contribution in [0, 0.1) is 6.92 Å². The van der Waals surface area contributed by atoms with Gasteiger partial charge >= 0.3 is 5.97 Å². The Hall–Kier alpha value is -2.11. The molecule has 5 heteroatoms. The van der Waals surface area contributed by atoms with Gasteiger partial charge < -0.3 is 14.8 Å². The Morgan fingerprint density at radius 1 is 1.32 bits per heavy atom. The molecular weight excluding hydrogens is 298 g/mol. The summed E-state index contributed by atoms with van der Waals surface area (Å²) in [6.07, 6.45) is 0.0648. The van der Waals surface area contributed by atoms with E-state index in [0.717, 1.165) is 27.2 Å². The fraction of sp³-hybridized carbons (Fsp3) is 0.235. The highest BCUT2D eigenvalue weighted by atomic mass is 32.1. The third-order valence-electron chi connectivity index (χ3n) is 3.69. The van der Waals surface area contributed by atoms with Crippen molar-refractivity contribution < 1.29 is 14.3 Å². The summed E-state index contributed by atoms with van der Waals surface area (Å²) in [5.74, 6) is 0.0635. The molecule has 0 saturated heterocycles. The number of aliphatic carboxylic acids is 1. The van der Waals surface area contributed by atoms with Gasteiger partial charge in [-0.05, 0) is 24.4 Å². The number of fused-ring (bicyclic) bond motifs is 1. The average molecular weight is 315 g/mol. The summed E-state index contributed by atoms with van der Waals surface area (Å²) in [4.78, 5) is 12.1. The molecule has 0 amide bonds. The van der Waals surface area contributed by atoms with E-state index in [4.69, 9.17) is 9.52 Å². The van der Waals surface area contributed by atoms with Crippen LogP contribution in [0.15, 0.2) is 46.2 Å². The number of carboxylic acids is 1. The molecule has 0 saturated carbocycles. The third kappa shape index (κ3) is 3.05. The van der Waals surface area contributed by atoms with Crippen molar-refractivity contribution in [1.82, 2.24) is 5.32 Å². The van der Waals surface area contributed by atoms with Crippen molar-refractivity contribution in [2.45, 2.75) is 25.9 Å². The lowest BCUT2D eigenvalue weighted by atomic mass is 10.1. The van der Waals surface area contributed by atoms with Gasteiger partial charge in [0.2, 0.25) is 0 Å². The summed E-state index contributed by atoms with van der Waals surface area (Å²) in [7, 11) is 0. The lowest BCUT2D eigenvalue weighted by molar-refractivity contribution is -0.137. The first-order chi connectivity index (χ1) is 10.6. The topological polar surface area (TPSA) is 62.5 Å². The lowest BCUT2D eigenvalue weighted by Gasteiger charge is -2.15. The van der Waals surface area contributed by atoms with E-state index in [0.29, 0.717) is 6.54 Å². The van der Waals surface area contributed by atoms with Gasteiger partial charge in [0.25, 0.3) is 0 Å². The lowest BCUT2D eigenvalue weighted by Crippen LogP contribution is -2.23. The average Bonchev–Trinajstić information content (AvgIpc) is 3.10. The van der Waals surface area contributed by atoms with E-state index in [-0.39, 0.29) is 12.5 Å². The highest BCUT2D eigenvalue weighted by Gasteiger charge is 2.18. The molecule has 0 aliphatic carbocycles. The number of hydrogen-bond acceptors (Lipinski definition) is 4. The van der Waals surface area contributed by atoms with Gasteiger partial charge in [0.1, 0.15) is 11.3 Å². The second-order valence-corrected chi connectivity index (χ2v) is 6.16. The second kappa shape index (κ2) is 6.34. The molecule has 0 bridgehead atoms. The van der Waals surface area contributed by atoms with Crippen LogP contribution in [0.2, 0.25) is 0 Å². The van der Waals surface area contributed by atoms with Crippen LogP contribution in [0.4, 0.5) is 0 Å². The van der Waals surface area contributed by atoms with Gasteiger partial charge in [0, 0.05) is 22.4 Å². The number of hydrogen-bond donors (Lipinski definition) is 2. The van der Waals surface area contributed by atoms with Crippen LogP contribution in [0.3, 0.4) is 0 Å². The molecule has 3 aromatic rings. The van der Waals surface area contributed by atoms with E-state index >= 15 is 0 Å². The summed E-state index contributed by atoms with van der Waals surface area (Å²) in [6, 6.07) is 11.6. The monoisotopic (exact) mass is 315 g/mol. The molecule has 0 aliphatic rings. The predicted molar refractivity (Wildman–Crippen MR) is 87.1 cm³/mol. The second-order valence-electron chi connectivity index (χ2n) is 5.18. The Labute approximate surface area is 132 Å². The van der Waals surface area contributed by atoms with E-state index < -0.39 is 5.97 Å². The number of carbonyl (C=O) groups is 1. The molecule has 1 atom stereocenters. The van der Waals surface area contributed by atoms with Crippen LogP contribution >= 0.6 is 11.3 Å². The molecule has 0 fully saturated rings. The fourth-order valence-electron chi connectivity index (χ4n) is 2.60. The van der Waals surface area contributed by atoms with Crippen molar-refractivity contribution >= 4 is 28.3 Å². The Morgan fingerprint density at radius 2 is 2.14 bits per heavy atom. The van der Waals surface area contributed by atoms with Crippen molar-refractivity contribution in [2.75, 3.05) is 0 Å². The molecule has 0 aliphatic heterocycles. The molecule has 0 spiro atoms. The summed E-state index contributed by atoms with van der Waals surface area (Å²) >= 11 is 1.57. The van der Waals surface area contributed by atoms with Crippen LogP contribution in [0.5, 0.6) is 0 Å². The predicted octanol–water partition coefficient (Wildman–Crippen LogP) is 4.11. The van der Waals surface area contributed by atoms with E-state index in [9.17, 15) is 4.79 Å². The van der Waals surface area contributed by atoms with Crippen LogP contribution in [-0.4, -0.2) is 11.1 Å². The van der Waals surface area contributed by atoms with E-state index in [1.54, 1.807) is 11.3 Å². The van der Waals surface area contributed by atoms with Crippen molar-refractivity contribution in [3.05, 3.63) is 58.0 Å². The Morgan fingerprint density at radius 3 is 2.86 bits per heavy atom. The van der Waals surface area contributed by atoms with Gasteiger partial charge in [-0.3, -0.25) is 4.79 Å². The molecule has 2 aromatic heterocycles. The van der Waals surface area contributed by atoms with Crippen molar-refractivity contribution in [2.24, 2.45) is 0 Å². The summed E-state index contributed by atoms with van der Waals surface area (Å²) < 4.78 is 5.75. The molecule has 2 N–H and O–H groups in total. The summed E-state index contributed by atoms with van der Waals surface area (Å²) in [6.45, 7) is 2.52. The molecule has 1 unspecified atom stereocenters. The number of para-hydroxylation sites is 1. The van der Waals surface area contributed by atoms with Gasteiger partial charge in [-0.1, -0.05) is 24.3 Å². The number of nitrogens with one attached hydrogen (secondary N) is 1. The SMILES string of the molecule is Cc1oc2ccccc2c1CNC(CC(=O)O)c1cccs1. The van der Waals surface area contributed by atoms with E-state index in [1.165, 1.54) is 0 Å². The Kier molecular flexibility index (Phi) is 4.27. The molecular formula is C17H17NO3S. The van der Waals surface area contributed by atoms with Crippen molar-refractivity contribution in [3.8, 4) is 0 Å². The zero-order chi connectivity index (χ0) is 15.5. The van der Waals surface area contributed by atoms with Gasteiger partial charge in [0.05, 0.1) is 12.5 Å². The zero-order valence-electron chi connectivity index (χ0n) is 12.2. The fourth-order valence-corrected chi connectivity index (χ4v) is 3.41. The summed E-state index contributed by atoms with van der Waals surface area (Å²) in [5.41, 5.74) is 1.95. The minimum absolute atomic E-state index is 0.0648. The van der Waals surface area contributed by atoms with Gasteiger partial charge in [-0.2, -0.15) is 0 Å². The normalized spacial score (nSPS) is 12.6. The maximum Gasteiger partial charge on any atom is 0.305 e. The smallest absolute Gasteiger partial charge is 0.305 e. The van der Waals surface area contributed by atoms with Crippen LogP contribution in [0.25, 0.3) is 11.0 Å². The first kappa shape index (κ1) is 14.8. The highest BCUT2D eigenvalue weighted by molar-refractivity contribution is 7.10. The highest BCUT2D eigenvalue weighted by Crippen LogP contribution is 2.27.